The number of esters is 2. The van der Waals surface area contributed by atoms with Crippen LogP contribution in [-0.4, -0.2) is 52.3 Å². The van der Waals surface area contributed by atoms with Gasteiger partial charge in [0.25, 0.3) is 0 Å². The molecule has 4 aromatic rings. The van der Waals surface area contributed by atoms with Gasteiger partial charge in [-0.3, -0.25) is 4.79 Å². The SMILES string of the molecule is C=CCOC(=O)[C@H](Cc1nc(CC(=O)OC(C)(C)C)c2ccccn12)NC(=O)OCC1c2ccccc2-c2ccccc21. The summed E-state index contributed by atoms with van der Waals surface area (Å²) in [6.45, 7) is 9.08. The van der Waals surface area contributed by atoms with E-state index in [1.807, 2.05) is 54.6 Å². The zero-order chi connectivity index (χ0) is 30.6. The number of pyridine rings is 1. The minimum atomic E-state index is -1.10. The second kappa shape index (κ2) is 12.5. The maximum atomic E-state index is 13.1. The normalized spacial score (nSPS) is 13.1. The summed E-state index contributed by atoms with van der Waals surface area (Å²) >= 11 is 0. The fourth-order valence-electron chi connectivity index (χ4n) is 5.36. The van der Waals surface area contributed by atoms with Crippen LogP contribution in [0.2, 0.25) is 0 Å². The largest absolute Gasteiger partial charge is 0.460 e. The summed E-state index contributed by atoms with van der Waals surface area (Å²) in [6, 6.07) is 20.5. The van der Waals surface area contributed by atoms with Crippen LogP contribution in [0, 0.1) is 0 Å². The molecule has 0 saturated carbocycles. The third kappa shape index (κ3) is 6.77. The van der Waals surface area contributed by atoms with Crippen molar-refractivity contribution in [1.29, 1.82) is 0 Å². The Hall–Kier alpha value is -4.92. The quantitative estimate of drug-likeness (QED) is 0.152. The number of hydrogen-bond acceptors (Lipinski definition) is 7. The Balaban J connectivity index is 1.33. The van der Waals surface area contributed by atoms with Crippen LogP contribution in [0.1, 0.15) is 49.3 Å². The highest BCUT2D eigenvalue weighted by molar-refractivity contribution is 5.82. The number of fused-ring (bicyclic) bond motifs is 4. The number of hydrogen-bond donors (Lipinski definition) is 1. The molecule has 2 aromatic carbocycles. The van der Waals surface area contributed by atoms with Crippen molar-refractivity contribution >= 4 is 23.5 Å². The van der Waals surface area contributed by atoms with E-state index in [1.165, 1.54) is 6.08 Å². The zero-order valence-electron chi connectivity index (χ0n) is 24.5. The number of carbonyl (C=O) groups excluding carboxylic acids is 3. The highest BCUT2D eigenvalue weighted by Crippen LogP contribution is 2.44. The maximum Gasteiger partial charge on any atom is 0.407 e. The molecule has 1 aliphatic rings. The van der Waals surface area contributed by atoms with Gasteiger partial charge in [0.2, 0.25) is 0 Å². The van der Waals surface area contributed by atoms with E-state index >= 15 is 0 Å². The lowest BCUT2D eigenvalue weighted by atomic mass is 9.98. The van der Waals surface area contributed by atoms with Crippen molar-refractivity contribution in [2.45, 2.75) is 51.2 Å². The van der Waals surface area contributed by atoms with Gasteiger partial charge < -0.3 is 23.9 Å². The Morgan fingerprint density at radius 2 is 1.63 bits per heavy atom. The molecule has 1 N–H and O–H groups in total. The molecule has 0 bridgehead atoms. The first-order chi connectivity index (χ1) is 20.6. The van der Waals surface area contributed by atoms with Crippen molar-refractivity contribution in [3.63, 3.8) is 0 Å². The van der Waals surface area contributed by atoms with Crippen molar-refractivity contribution in [1.82, 2.24) is 14.7 Å². The first-order valence-electron chi connectivity index (χ1n) is 14.2. The average molecular weight is 582 g/mol. The van der Waals surface area contributed by atoms with E-state index in [4.69, 9.17) is 14.2 Å². The topological polar surface area (TPSA) is 108 Å². The fraction of sp³-hybridized carbons (Fsp3) is 0.294. The summed E-state index contributed by atoms with van der Waals surface area (Å²) in [6.07, 6.45) is 2.44. The molecule has 0 radical (unpaired) electrons. The second-order valence-corrected chi connectivity index (χ2v) is 11.3. The highest BCUT2D eigenvalue weighted by atomic mass is 16.6. The first-order valence-corrected chi connectivity index (χ1v) is 14.2. The molecule has 1 amide bonds. The van der Waals surface area contributed by atoms with Crippen LogP contribution in [0.25, 0.3) is 16.6 Å². The van der Waals surface area contributed by atoms with E-state index in [0.29, 0.717) is 17.0 Å². The number of nitrogens with zero attached hydrogens (tertiary/aromatic N) is 2. The van der Waals surface area contributed by atoms with Gasteiger partial charge in [0.1, 0.15) is 30.7 Å². The number of alkyl carbamates (subject to hydrolysis) is 1. The van der Waals surface area contributed by atoms with Crippen LogP contribution < -0.4 is 5.32 Å². The molecule has 222 valence electrons. The van der Waals surface area contributed by atoms with Crippen molar-refractivity contribution in [3.8, 4) is 11.1 Å². The van der Waals surface area contributed by atoms with Crippen molar-refractivity contribution in [2.24, 2.45) is 0 Å². The smallest absolute Gasteiger partial charge is 0.407 e. The number of carbonyl (C=O) groups is 3. The van der Waals surface area contributed by atoms with E-state index in [2.05, 4.69) is 29.0 Å². The third-order valence-electron chi connectivity index (χ3n) is 7.08. The Morgan fingerprint density at radius 3 is 2.28 bits per heavy atom. The summed E-state index contributed by atoms with van der Waals surface area (Å²) in [5.74, 6) is -0.735. The maximum absolute atomic E-state index is 13.1. The molecule has 0 unspecified atom stereocenters. The van der Waals surface area contributed by atoms with Crippen molar-refractivity contribution < 1.29 is 28.6 Å². The van der Waals surface area contributed by atoms with Gasteiger partial charge in [-0.2, -0.15) is 0 Å². The van der Waals surface area contributed by atoms with Gasteiger partial charge >= 0.3 is 18.0 Å². The van der Waals surface area contributed by atoms with Gasteiger partial charge in [0, 0.05) is 18.5 Å². The molecule has 0 fully saturated rings. The van der Waals surface area contributed by atoms with Gasteiger partial charge in [0.05, 0.1) is 17.6 Å². The molecule has 0 spiro atoms. The molecule has 1 aliphatic carbocycles. The molecule has 43 heavy (non-hydrogen) atoms. The molecule has 0 aliphatic heterocycles. The summed E-state index contributed by atoms with van der Waals surface area (Å²) in [5.41, 5.74) is 4.96. The van der Waals surface area contributed by atoms with Gasteiger partial charge in [0.15, 0.2) is 0 Å². The Morgan fingerprint density at radius 1 is 0.977 bits per heavy atom. The zero-order valence-corrected chi connectivity index (χ0v) is 24.5. The van der Waals surface area contributed by atoms with E-state index < -0.39 is 29.7 Å². The molecule has 5 rings (SSSR count). The molecular weight excluding hydrogens is 546 g/mol. The number of amides is 1. The number of nitrogens with one attached hydrogen (secondary N) is 1. The average Bonchev–Trinajstić information content (AvgIpc) is 3.48. The minimum Gasteiger partial charge on any atom is -0.460 e. The molecule has 9 heteroatoms. The Labute approximate surface area is 250 Å². The van der Waals surface area contributed by atoms with Gasteiger partial charge in [-0.05, 0) is 55.2 Å². The third-order valence-corrected chi connectivity index (χ3v) is 7.08. The van der Waals surface area contributed by atoms with Crippen LogP contribution >= 0.6 is 0 Å². The number of imidazole rings is 1. The molecule has 1 atom stereocenters. The van der Waals surface area contributed by atoms with Gasteiger partial charge in [-0.15, -0.1) is 0 Å². The monoisotopic (exact) mass is 581 g/mol. The summed E-state index contributed by atoms with van der Waals surface area (Å²) in [5, 5.41) is 2.68. The standard InChI is InChI=1S/C34H35N3O6/c1-5-18-41-32(39)28(19-30-35-27(20-31(38)43-34(2,3)4)29-16-10-11-17-37(29)30)36-33(40)42-21-26-24-14-8-6-12-22(24)23-13-7-9-15-25(23)26/h5-17,26,28H,1,18-21H2,2-4H3,(H,36,40)/t28-/m0/s1. The number of ether oxygens (including phenoxy) is 3. The Bertz CT molecular complexity index is 1620. The number of benzene rings is 2. The predicted octanol–water partition coefficient (Wildman–Crippen LogP) is 5.40. The molecule has 2 heterocycles. The summed E-state index contributed by atoms with van der Waals surface area (Å²) in [4.78, 5) is 43.4. The van der Waals surface area contributed by atoms with Crippen LogP contribution in [0.5, 0.6) is 0 Å². The molecular formula is C34H35N3O6. The Kier molecular flexibility index (Phi) is 8.61. The van der Waals surface area contributed by atoms with E-state index in [0.717, 1.165) is 22.3 Å². The van der Waals surface area contributed by atoms with Crippen molar-refractivity contribution in [3.05, 3.63) is 108 Å². The van der Waals surface area contributed by atoms with E-state index in [9.17, 15) is 14.4 Å². The highest BCUT2D eigenvalue weighted by Gasteiger charge is 2.31. The molecule has 2 aromatic heterocycles. The lowest BCUT2D eigenvalue weighted by Crippen LogP contribution is -2.44. The van der Waals surface area contributed by atoms with Gasteiger partial charge in [-0.25, -0.2) is 14.6 Å². The minimum absolute atomic E-state index is 0.000327. The van der Waals surface area contributed by atoms with E-state index in [-0.39, 0.29) is 32.0 Å². The summed E-state index contributed by atoms with van der Waals surface area (Å²) < 4.78 is 18.3. The van der Waals surface area contributed by atoms with Crippen LogP contribution in [0.15, 0.2) is 85.6 Å². The lowest BCUT2D eigenvalue weighted by molar-refractivity contribution is -0.154. The van der Waals surface area contributed by atoms with Crippen LogP contribution in [0.4, 0.5) is 4.79 Å². The lowest BCUT2D eigenvalue weighted by Gasteiger charge is -2.19. The fourth-order valence-corrected chi connectivity index (χ4v) is 5.36. The molecule has 0 saturated heterocycles. The number of rotatable bonds is 10. The van der Waals surface area contributed by atoms with Crippen LogP contribution in [-0.2, 0) is 36.6 Å². The molecule has 9 nitrogen and oxygen atoms in total. The van der Waals surface area contributed by atoms with Crippen molar-refractivity contribution in [2.75, 3.05) is 13.2 Å². The van der Waals surface area contributed by atoms with Gasteiger partial charge in [-0.1, -0.05) is 67.3 Å². The van der Waals surface area contributed by atoms with E-state index in [1.54, 1.807) is 31.4 Å². The summed E-state index contributed by atoms with van der Waals surface area (Å²) in [7, 11) is 0. The second-order valence-electron chi connectivity index (χ2n) is 11.3. The number of aromatic nitrogens is 2. The van der Waals surface area contributed by atoms with Crippen LogP contribution in [0.3, 0.4) is 0 Å². The predicted molar refractivity (Wildman–Crippen MR) is 162 cm³/mol. The first kappa shape index (κ1) is 29.6.